The number of hydrogen-bond donors (Lipinski definition) is 1. The van der Waals surface area contributed by atoms with Crippen LogP contribution in [0.1, 0.15) is 44.5 Å². The number of nitrogens with one attached hydrogen (secondary N) is 1. The number of nitrogens with zero attached hydrogens (tertiary/aromatic N) is 4. The maximum atomic E-state index is 12.3. The molecule has 1 saturated carbocycles. The second kappa shape index (κ2) is 7.34. The molecule has 1 aromatic carbocycles. The number of carbonyl (C=O) groups is 1. The van der Waals surface area contributed by atoms with Crippen LogP contribution in [0.4, 0.5) is 0 Å². The number of fused-ring (bicyclic) bond motifs is 1. The Hall–Kier alpha value is -2.96. The van der Waals surface area contributed by atoms with Crippen LogP contribution in [0.3, 0.4) is 0 Å². The third-order valence-corrected chi connectivity index (χ3v) is 5.10. The maximum Gasteiger partial charge on any atom is 0.223 e. The molecule has 7 nitrogen and oxygen atoms in total. The Bertz CT molecular complexity index is 945. The van der Waals surface area contributed by atoms with Gasteiger partial charge in [-0.1, -0.05) is 12.8 Å². The van der Waals surface area contributed by atoms with E-state index in [-0.39, 0.29) is 17.9 Å². The molecule has 1 aliphatic rings. The van der Waals surface area contributed by atoms with E-state index in [1.807, 2.05) is 37.3 Å². The lowest BCUT2D eigenvalue weighted by atomic mass is 10.1. The molecule has 0 bridgehead atoms. The van der Waals surface area contributed by atoms with Crippen molar-refractivity contribution in [1.29, 1.82) is 0 Å². The Morgan fingerprint density at radius 1 is 1.26 bits per heavy atom. The van der Waals surface area contributed by atoms with Crippen molar-refractivity contribution in [3.63, 3.8) is 0 Å². The van der Waals surface area contributed by atoms with Crippen LogP contribution in [-0.2, 0) is 4.79 Å². The topological polar surface area (TPSA) is 81.4 Å². The Labute approximate surface area is 157 Å². The number of amides is 1. The summed E-state index contributed by atoms with van der Waals surface area (Å²) in [5.41, 5.74) is 2.49. The molecule has 1 N–H and O–H groups in total. The molecule has 3 aromatic rings. The molecule has 1 fully saturated rings. The van der Waals surface area contributed by atoms with E-state index in [9.17, 15) is 4.79 Å². The molecule has 1 atom stereocenters. The lowest BCUT2D eigenvalue weighted by molar-refractivity contribution is -0.125. The van der Waals surface area contributed by atoms with Crippen molar-refractivity contribution in [2.24, 2.45) is 5.92 Å². The SMILES string of the molecule is COc1ccc(-c2cc3nc([C@H](C)NC(=O)C4CCCC4)nn3cn2)cc1. The van der Waals surface area contributed by atoms with E-state index in [1.165, 1.54) is 0 Å². The third kappa shape index (κ3) is 3.63. The quantitative estimate of drug-likeness (QED) is 0.751. The van der Waals surface area contributed by atoms with Gasteiger partial charge in [0.05, 0.1) is 18.8 Å². The Morgan fingerprint density at radius 3 is 2.70 bits per heavy atom. The fourth-order valence-corrected chi connectivity index (χ4v) is 3.50. The van der Waals surface area contributed by atoms with Crippen molar-refractivity contribution in [2.45, 2.75) is 38.6 Å². The molecule has 0 radical (unpaired) electrons. The van der Waals surface area contributed by atoms with Gasteiger partial charge < -0.3 is 10.1 Å². The minimum absolute atomic E-state index is 0.107. The van der Waals surface area contributed by atoms with E-state index >= 15 is 0 Å². The highest BCUT2D eigenvalue weighted by atomic mass is 16.5. The van der Waals surface area contributed by atoms with Gasteiger partial charge in [0.1, 0.15) is 12.1 Å². The average molecular weight is 365 g/mol. The molecule has 0 unspecified atom stereocenters. The minimum atomic E-state index is -0.234. The molecular formula is C20H23N5O2. The lowest BCUT2D eigenvalue weighted by Crippen LogP contribution is -2.32. The number of aromatic nitrogens is 4. The van der Waals surface area contributed by atoms with Crippen LogP contribution in [0.15, 0.2) is 36.7 Å². The van der Waals surface area contributed by atoms with Crippen LogP contribution in [0.2, 0.25) is 0 Å². The van der Waals surface area contributed by atoms with E-state index < -0.39 is 0 Å². The molecule has 1 aliphatic carbocycles. The second-order valence-corrected chi connectivity index (χ2v) is 6.99. The zero-order valence-corrected chi connectivity index (χ0v) is 15.6. The van der Waals surface area contributed by atoms with Gasteiger partial charge in [0.2, 0.25) is 5.91 Å². The van der Waals surface area contributed by atoms with Gasteiger partial charge in [-0.25, -0.2) is 14.5 Å². The summed E-state index contributed by atoms with van der Waals surface area (Å²) in [6.07, 6.45) is 5.88. The van der Waals surface area contributed by atoms with Crippen LogP contribution in [-0.4, -0.2) is 32.6 Å². The molecule has 7 heteroatoms. The van der Waals surface area contributed by atoms with Gasteiger partial charge >= 0.3 is 0 Å². The summed E-state index contributed by atoms with van der Waals surface area (Å²) < 4.78 is 6.83. The standard InChI is InChI=1S/C20H23N5O2/c1-13(22-20(26)15-5-3-4-6-15)19-23-18-11-17(21-12-25(18)24-19)14-7-9-16(27-2)10-8-14/h7-13,15H,3-6H2,1-2H3,(H,22,26)/t13-/m0/s1. The molecule has 27 heavy (non-hydrogen) atoms. The molecule has 1 amide bonds. The first kappa shape index (κ1) is 17.5. The fourth-order valence-electron chi connectivity index (χ4n) is 3.50. The largest absolute Gasteiger partial charge is 0.497 e. The summed E-state index contributed by atoms with van der Waals surface area (Å²) in [5.74, 6) is 1.63. The number of rotatable bonds is 5. The molecule has 2 aromatic heterocycles. The number of ether oxygens (including phenoxy) is 1. The monoisotopic (exact) mass is 365 g/mol. The molecule has 0 aliphatic heterocycles. The van der Waals surface area contributed by atoms with Crippen molar-refractivity contribution in [2.75, 3.05) is 7.11 Å². The first-order valence-corrected chi connectivity index (χ1v) is 9.31. The van der Waals surface area contributed by atoms with Gasteiger partial charge in [0.15, 0.2) is 11.5 Å². The number of hydrogen-bond acceptors (Lipinski definition) is 5. The van der Waals surface area contributed by atoms with E-state index in [0.717, 1.165) is 42.7 Å². The number of carbonyl (C=O) groups excluding carboxylic acids is 1. The predicted molar refractivity (Wildman–Crippen MR) is 101 cm³/mol. The summed E-state index contributed by atoms with van der Waals surface area (Å²) in [6, 6.07) is 9.37. The first-order chi connectivity index (χ1) is 13.1. The summed E-state index contributed by atoms with van der Waals surface area (Å²) in [4.78, 5) is 21.4. The molecule has 4 rings (SSSR count). The highest BCUT2D eigenvalue weighted by Crippen LogP contribution is 2.26. The van der Waals surface area contributed by atoms with E-state index in [1.54, 1.807) is 18.0 Å². The van der Waals surface area contributed by atoms with Gasteiger partial charge in [0, 0.05) is 17.5 Å². The average Bonchev–Trinajstić information content (AvgIpc) is 3.37. The maximum absolute atomic E-state index is 12.3. The van der Waals surface area contributed by atoms with Gasteiger partial charge in [-0.2, -0.15) is 0 Å². The zero-order valence-electron chi connectivity index (χ0n) is 15.6. The highest BCUT2D eigenvalue weighted by molar-refractivity contribution is 5.79. The third-order valence-electron chi connectivity index (χ3n) is 5.10. The Balaban J connectivity index is 1.53. The van der Waals surface area contributed by atoms with E-state index in [2.05, 4.69) is 20.4 Å². The molecular weight excluding hydrogens is 342 g/mol. The van der Waals surface area contributed by atoms with Gasteiger partial charge in [-0.05, 0) is 44.0 Å². The summed E-state index contributed by atoms with van der Waals surface area (Å²) >= 11 is 0. The van der Waals surface area contributed by atoms with Crippen molar-refractivity contribution in [3.8, 4) is 17.0 Å². The van der Waals surface area contributed by atoms with Crippen LogP contribution in [0, 0.1) is 5.92 Å². The fraction of sp³-hybridized carbons (Fsp3) is 0.400. The number of methoxy groups -OCH3 is 1. The van der Waals surface area contributed by atoms with Crippen LogP contribution in [0.5, 0.6) is 5.75 Å². The highest BCUT2D eigenvalue weighted by Gasteiger charge is 2.25. The van der Waals surface area contributed by atoms with Gasteiger partial charge in [-0.3, -0.25) is 4.79 Å². The Morgan fingerprint density at radius 2 is 2.00 bits per heavy atom. The van der Waals surface area contributed by atoms with Gasteiger partial charge in [-0.15, -0.1) is 5.10 Å². The second-order valence-electron chi connectivity index (χ2n) is 6.99. The van der Waals surface area contributed by atoms with Crippen LogP contribution < -0.4 is 10.1 Å². The normalized spacial score (nSPS) is 15.8. The smallest absolute Gasteiger partial charge is 0.223 e. The van der Waals surface area contributed by atoms with Crippen molar-refractivity contribution in [3.05, 3.63) is 42.5 Å². The van der Waals surface area contributed by atoms with E-state index in [0.29, 0.717) is 11.5 Å². The lowest BCUT2D eigenvalue weighted by Gasteiger charge is -2.14. The van der Waals surface area contributed by atoms with Gasteiger partial charge in [0.25, 0.3) is 0 Å². The predicted octanol–water partition coefficient (Wildman–Crippen LogP) is 3.17. The summed E-state index contributed by atoms with van der Waals surface area (Å²) in [5, 5.41) is 7.51. The Kier molecular flexibility index (Phi) is 4.75. The van der Waals surface area contributed by atoms with Crippen molar-refractivity contribution >= 4 is 11.6 Å². The molecule has 0 saturated heterocycles. The van der Waals surface area contributed by atoms with Crippen molar-refractivity contribution < 1.29 is 9.53 Å². The summed E-state index contributed by atoms with van der Waals surface area (Å²) in [7, 11) is 1.64. The van der Waals surface area contributed by atoms with E-state index in [4.69, 9.17) is 4.74 Å². The van der Waals surface area contributed by atoms with Crippen LogP contribution >= 0.6 is 0 Å². The van der Waals surface area contributed by atoms with Crippen LogP contribution in [0.25, 0.3) is 16.9 Å². The van der Waals surface area contributed by atoms with Crippen molar-refractivity contribution in [1.82, 2.24) is 24.9 Å². The molecule has 140 valence electrons. The molecule has 2 heterocycles. The zero-order chi connectivity index (χ0) is 18.8. The minimum Gasteiger partial charge on any atom is -0.497 e. The first-order valence-electron chi connectivity index (χ1n) is 9.31. The number of benzene rings is 1. The summed E-state index contributed by atoms with van der Waals surface area (Å²) in [6.45, 7) is 1.92. The molecule has 0 spiro atoms.